The lowest BCUT2D eigenvalue weighted by atomic mass is 10.1. The van der Waals surface area contributed by atoms with Crippen LogP contribution in [0.3, 0.4) is 0 Å². The standard InChI is InChI=1S/C20H24ClN3O/c1-14-5-10-18(15(2)23-14)20(25)22-13-19(24-11-3-4-12-24)16-6-8-17(21)9-7-16/h5-10,19H,3-4,11-13H2,1-2H3,(H,22,25)/t19-/m1/s1. The van der Waals surface area contributed by atoms with Gasteiger partial charge in [-0.15, -0.1) is 0 Å². The van der Waals surface area contributed by atoms with Crippen LogP contribution in [-0.4, -0.2) is 35.4 Å². The van der Waals surface area contributed by atoms with Gasteiger partial charge in [0.1, 0.15) is 0 Å². The number of nitrogens with one attached hydrogen (secondary N) is 1. The maximum Gasteiger partial charge on any atom is 0.253 e. The van der Waals surface area contributed by atoms with Crippen LogP contribution in [0.25, 0.3) is 0 Å². The normalized spacial score (nSPS) is 16.0. The van der Waals surface area contributed by atoms with E-state index >= 15 is 0 Å². The van der Waals surface area contributed by atoms with E-state index in [0.717, 1.165) is 29.5 Å². The Hall–Kier alpha value is -1.91. The molecule has 132 valence electrons. The predicted molar refractivity (Wildman–Crippen MR) is 101 cm³/mol. The molecule has 0 unspecified atom stereocenters. The fourth-order valence-corrected chi connectivity index (χ4v) is 3.53. The van der Waals surface area contributed by atoms with E-state index in [1.165, 1.54) is 18.4 Å². The number of aryl methyl sites for hydroxylation is 2. The third-order valence-electron chi connectivity index (χ3n) is 4.76. The van der Waals surface area contributed by atoms with Gasteiger partial charge in [-0.1, -0.05) is 23.7 Å². The van der Waals surface area contributed by atoms with Crippen molar-refractivity contribution >= 4 is 17.5 Å². The van der Waals surface area contributed by atoms with E-state index in [2.05, 4.69) is 27.3 Å². The van der Waals surface area contributed by atoms with E-state index < -0.39 is 0 Å². The van der Waals surface area contributed by atoms with Crippen molar-refractivity contribution < 1.29 is 4.79 Å². The fraction of sp³-hybridized carbons (Fsp3) is 0.400. The average molecular weight is 358 g/mol. The molecule has 25 heavy (non-hydrogen) atoms. The number of benzene rings is 1. The molecule has 1 atom stereocenters. The van der Waals surface area contributed by atoms with E-state index in [0.29, 0.717) is 12.1 Å². The Balaban J connectivity index is 1.73. The minimum atomic E-state index is -0.0665. The van der Waals surface area contributed by atoms with Gasteiger partial charge >= 0.3 is 0 Å². The number of likely N-dealkylation sites (tertiary alicyclic amines) is 1. The van der Waals surface area contributed by atoms with Gasteiger partial charge in [-0.3, -0.25) is 14.7 Å². The van der Waals surface area contributed by atoms with E-state index in [-0.39, 0.29) is 11.9 Å². The fourth-order valence-electron chi connectivity index (χ4n) is 3.41. The average Bonchev–Trinajstić information content (AvgIpc) is 3.10. The first kappa shape index (κ1) is 17.9. The van der Waals surface area contributed by atoms with Crippen LogP contribution < -0.4 is 5.32 Å². The Morgan fingerprint density at radius 2 is 1.84 bits per heavy atom. The van der Waals surface area contributed by atoms with Gasteiger partial charge in [-0.05, 0) is 69.6 Å². The minimum Gasteiger partial charge on any atom is -0.350 e. The molecule has 1 amide bonds. The molecule has 1 saturated heterocycles. The molecule has 0 saturated carbocycles. The van der Waals surface area contributed by atoms with Crippen LogP contribution in [0, 0.1) is 13.8 Å². The van der Waals surface area contributed by atoms with Crippen molar-refractivity contribution in [1.82, 2.24) is 15.2 Å². The lowest BCUT2D eigenvalue weighted by Gasteiger charge is -2.28. The van der Waals surface area contributed by atoms with Gasteiger partial charge in [-0.25, -0.2) is 0 Å². The van der Waals surface area contributed by atoms with Crippen LogP contribution in [0.2, 0.25) is 5.02 Å². The third kappa shape index (κ3) is 4.39. The molecule has 1 aromatic carbocycles. The Labute approximate surface area is 154 Å². The molecule has 2 aromatic rings. The van der Waals surface area contributed by atoms with Crippen molar-refractivity contribution in [3.05, 3.63) is 63.9 Å². The number of rotatable bonds is 5. The second kappa shape index (κ2) is 7.98. The number of nitrogens with zero attached hydrogens (tertiary/aromatic N) is 2. The summed E-state index contributed by atoms with van der Waals surface area (Å²) in [5.41, 5.74) is 3.51. The molecule has 1 aromatic heterocycles. The SMILES string of the molecule is Cc1ccc(C(=O)NC[C@H](c2ccc(Cl)cc2)N2CCCC2)c(C)n1. The topological polar surface area (TPSA) is 45.2 Å². The van der Waals surface area contributed by atoms with Crippen LogP contribution in [0.5, 0.6) is 0 Å². The van der Waals surface area contributed by atoms with Crippen molar-refractivity contribution in [3.63, 3.8) is 0 Å². The van der Waals surface area contributed by atoms with Gasteiger partial charge in [0.15, 0.2) is 0 Å². The third-order valence-corrected chi connectivity index (χ3v) is 5.01. The van der Waals surface area contributed by atoms with E-state index in [1.807, 2.05) is 38.1 Å². The van der Waals surface area contributed by atoms with Crippen molar-refractivity contribution in [2.24, 2.45) is 0 Å². The number of halogens is 1. The zero-order valence-electron chi connectivity index (χ0n) is 14.8. The van der Waals surface area contributed by atoms with Gasteiger partial charge in [-0.2, -0.15) is 0 Å². The Morgan fingerprint density at radius 3 is 2.48 bits per heavy atom. The van der Waals surface area contributed by atoms with Gasteiger partial charge in [0, 0.05) is 17.3 Å². The molecule has 0 spiro atoms. The highest BCUT2D eigenvalue weighted by Crippen LogP contribution is 2.26. The molecule has 2 heterocycles. The largest absolute Gasteiger partial charge is 0.350 e. The second-order valence-corrected chi connectivity index (χ2v) is 7.04. The zero-order valence-corrected chi connectivity index (χ0v) is 15.5. The summed E-state index contributed by atoms with van der Waals surface area (Å²) in [5, 5.41) is 3.83. The maximum absolute atomic E-state index is 12.6. The Kier molecular flexibility index (Phi) is 5.71. The van der Waals surface area contributed by atoms with Gasteiger partial charge in [0.2, 0.25) is 0 Å². The molecule has 1 aliphatic rings. The molecule has 1 fully saturated rings. The van der Waals surface area contributed by atoms with Crippen LogP contribution in [0.15, 0.2) is 36.4 Å². The zero-order chi connectivity index (χ0) is 17.8. The quantitative estimate of drug-likeness (QED) is 0.882. The molecule has 0 bridgehead atoms. The number of aromatic nitrogens is 1. The molecule has 0 radical (unpaired) electrons. The van der Waals surface area contributed by atoms with Crippen molar-refractivity contribution in [2.45, 2.75) is 32.7 Å². The molecule has 3 rings (SSSR count). The van der Waals surface area contributed by atoms with Crippen molar-refractivity contribution in [1.29, 1.82) is 0 Å². The molecule has 1 aliphatic heterocycles. The second-order valence-electron chi connectivity index (χ2n) is 6.61. The van der Waals surface area contributed by atoms with Gasteiger partial charge < -0.3 is 5.32 Å². The van der Waals surface area contributed by atoms with Crippen LogP contribution >= 0.6 is 11.6 Å². The number of carbonyl (C=O) groups excluding carboxylic acids is 1. The summed E-state index contributed by atoms with van der Waals surface area (Å²) in [5.74, 6) is -0.0665. The molecule has 0 aliphatic carbocycles. The first-order valence-electron chi connectivity index (χ1n) is 8.76. The van der Waals surface area contributed by atoms with E-state index in [1.54, 1.807) is 0 Å². The van der Waals surface area contributed by atoms with Gasteiger partial charge in [0.25, 0.3) is 5.91 Å². The Bertz CT molecular complexity index is 739. The number of amides is 1. The smallest absolute Gasteiger partial charge is 0.253 e. The molecule has 4 nitrogen and oxygen atoms in total. The molecular formula is C20H24ClN3O. The van der Waals surface area contributed by atoms with Crippen LogP contribution in [-0.2, 0) is 0 Å². The summed E-state index contributed by atoms with van der Waals surface area (Å²) in [4.78, 5) is 19.4. The van der Waals surface area contributed by atoms with E-state index in [9.17, 15) is 4.79 Å². The summed E-state index contributed by atoms with van der Waals surface area (Å²) >= 11 is 6.02. The summed E-state index contributed by atoms with van der Waals surface area (Å²) in [6, 6.07) is 11.8. The lowest BCUT2D eigenvalue weighted by molar-refractivity contribution is 0.0937. The number of hydrogen-bond acceptors (Lipinski definition) is 3. The molecule has 5 heteroatoms. The van der Waals surface area contributed by atoms with Gasteiger partial charge in [0.05, 0.1) is 17.3 Å². The number of carbonyl (C=O) groups is 1. The van der Waals surface area contributed by atoms with Crippen molar-refractivity contribution in [2.75, 3.05) is 19.6 Å². The van der Waals surface area contributed by atoms with Crippen LogP contribution in [0.4, 0.5) is 0 Å². The first-order valence-corrected chi connectivity index (χ1v) is 9.14. The summed E-state index contributed by atoms with van der Waals surface area (Å²) in [7, 11) is 0. The van der Waals surface area contributed by atoms with E-state index in [4.69, 9.17) is 11.6 Å². The number of pyridine rings is 1. The minimum absolute atomic E-state index is 0.0665. The summed E-state index contributed by atoms with van der Waals surface area (Å²) < 4.78 is 0. The monoisotopic (exact) mass is 357 g/mol. The predicted octanol–water partition coefficient (Wildman–Crippen LogP) is 3.92. The highest BCUT2D eigenvalue weighted by Gasteiger charge is 2.24. The highest BCUT2D eigenvalue weighted by atomic mass is 35.5. The first-order chi connectivity index (χ1) is 12.0. The highest BCUT2D eigenvalue weighted by molar-refractivity contribution is 6.30. The molecular weight excluding hydrogens is 334 g/mol. The summed E-state index contributed by atoms with van der Waals surface area (Å²) in [6.07, 6.45) is 2.41. The number of hydrogen-bond donors (Lipinski definition) is 1. The van der Waals surface area contributed by atoms with Crippen LogP contribution in [0.1, 0.15) is 46.2 Å². The lowest BCUT2D eigenvalue weighted by Crippen LogP contribution is -2.37. The van der Waals surface area contributed by atoms with Crippen molar-refractivity contribution in [3.8, 4) is 0 Å². The molecule has 1 N–H and O–H groups in total. The summed E-state index contributed by atoms with van der Waals surface area (Å²) in [6.45, 7) is 6.51. The maximum atomic E-state index is 12.6. The Morgan fingerprint density at radius 1 is 1.16 bits per heavy atom.